The second-order valence-electron chi connectivity index (χ2n) is 9.30. The van der Waals surface area contributed by atoms with Gasteiger partial charge in [-0.05, 0) is 44.7 Å². The fourth-order valence-electron chi connectivity index (χ4n) is 5.09. The third kappa shape index (κ3) is 4.64. The number of anilines is 1. The zero-order valence-electron chi connectivity index (χ0n) is 18.5. The molecular formula is C24H31N3O5. The summed E-state index contributed by atoms with van der Waals surface area (Å²) in [5.74, 6) is -1.86. The van der Waals surface area contributed by atoms with Crippen LogP contribution in [-0.4, -0.2) is 71.3 Å². The first kappa shape index (κ1) is 22.3. The number of nitrogens with zero attached hydrogens (tertiary/aromatic N) is 3. The van der Waals surface area contributed by atoms with E-state index in [1.165, 1.54) is 0 Å². The number of hydrogen-bond acceptors (Lipinski definition) is 4. The zero-order valence-corrected chi connectivity index (χ0v) is 18.5. The molecule has 3 amide bonds. The van der Waals surface area contributed by atoms with Gasteiger partial charge in [0.25, 0.3) is 0 Å². The lowest BCUT2D eigenvalue weighted by Crippen LogP contribution is -2.49. The fraction of sp³-hybridized carbons (Fsp3) is 0.583. The number of carbonyl (C=O) groups excluding carboxylic acids is 3. The normalized spacial score (nSPS) is 24.7. The molecule has 32 heavy (non-hydrogen) atoms. The second kappa shape index (κ2) is 9.30. The number of aryl methyl sites for hydroxylation is 1. The quantitative estimate of drug-likeness (QED) is 0.770. The van der Waals surface area contributed by atoms with E-state index in [1.807, 2.05) is 31.2 Å². The van der Waals surface area contributed by atoms with Gasteiger partial charge in [-0.2, -0.15) is 0 Å². The van der Waals surface area contributed by atoms with Crippen LogP contribution >= 0.6 is 0 Å². The Morgan fingerprint density at radius 1 is 0.844 bits per heavy atom. The van der Waals surface area contributed by atoms with Crippen molar-refractivity contribution >= 4 is 29.4 Å². The van der Waals surface area contributed by atoms with Gasteiger partial charge in [0.15, 0.2) is 0 Å². The summed E-state index contributed by atoms with van der Waals surface area (Å²) in [4.78, 5) is 54.9. The van der Waals surface area contributed by atoms with E-state index in [1.54, 1.807) is 14.7 Å². The van der Waals surface area contributed by atoms with Crippen molar-refractivity contribution in [3.8, 4) is 0 Å². The first-order valence-corrected chi connectivity index (χ1v) is 11.5. The average Bonchev–Trinajstić information content (AvgIpc) is 3.20. The van der Waals surface area contributed by atoms with E-state index in [9.17, 15) is 24.3 Å². The molecule has 8 nitrogen and oxygen atoms in total. The van der Waals surface area contributed by atoms with Crippen LogP contribution in [0.1, 0.15) is 37.7 Å². The molecule has 2 atom stereocenters. The third-order valence-electron chi connectivity index (χ3n) is 7.06. The summed E-state index contributed by atoms with van der Waals surface area (Å²) >= 11 is 0. The molecule has 172 valence electrons. The maximum absolute atomic E-state index is 13.1. The SMILES string of the molecule is Cc1ccc(N2C[C@H](C(=O)N3CCC(C(=O)N4CCC[C@@H](C(=O)O)C4)CC3)CC2=O)cc1. The number of carboxylic acids is 1. The molecule has 0 unspecified atom stereocenters. The van der Waals surface area contributed by atoms with E-state index in [0.29, 0.717) is 51.9 Å². The maximum atomic E-state index is 13.1. The number of carboxylic acid groups (broad SMARTS) is 1. The monoisotopic (exact) mass is 441 g/mol. The number of likely N-dealkylation sites (tertiary alicyclic amines) is 2. The standard InChI is InChI=1S/C24H31N3O5/c1-16-4-6-20(7-5-16)27-15-19(13-21(27)28)23(30)25-11-8-17(9-12-25)22(29)26-10-2-3-18(14-26)24(31)32/h4-7,17-19H,2-3,8-15H2,1H3,(H,31,32)/t18-,19-/m1/s1. The number of amides is 3. The highest BCUT2D eigenvalue weighted by atomic mass is 16.4. The molecule has 3 fully saturated rings. The highest BCUT2D eigenvalue weighted by Gasteiger charge is 2.39. The summed E-state index contributed by atoms with van der Waals surface area (Å²) < 4.78 is 0. The van der Waals surface area contributed by atoms with Crippen molar-refractivity contribution in [2.45, 2.75) is 39.0 Å². The van der Waals surface area contributed by atoms with Crippen LogP contribution in [0.15, 0.2) is 24.3 Å². The van der Waals surface area contributed by atoms with Gasteiger partial charge in [-0.15, -0.1) is 0 Å². The smallest absolute Gasteiger partial charge is 0.308 e. The van der Waals surface area contributed by atoms with Crippen LogP contribution < -0.4 is 4.90 Å². The predicted molar refractivity (Wildman–Crippen MR) is 118 cm³/mol. The molecule has 3 saturated heterocycles. The summed E-state index contributed by atoms with van der Waals surface area (Å²) in [6, 6.07) is 7.74. The molecule has 3 aliphatic rings. The molecule has 0 aliphatic carbocycles. The van der Waals surface area contributed by atoms with E-state index < -0.39 is 11.9 Å². The topological polar surface area (TPSA) is 98.2 Å². The van der Waals surface area contributed by atoms with Gasteiger partial charge in [-0.25, -0.2) is 0 Å². The molecular weight excluding hydrogens is 410 g/mol. The predicted octanol–water partition coefficient (Wildman–Crippen LogP) is 1.91. The van der Waals surface area contributed by atoms with Crippen LogP contribution in [-0.2, 0) is 19.2 Å². The Morgan fingerprint density at radius 3 is 2.16 bits per heavy atom. The van der Waals surface area contributed by atoms with E-state index in [4.69, 9.17) is 0 Å². The van der Waals surface area contributed by atoms with Crippen LogP contribution in [0.4, 0.5) is 5.69 Å². The third-order valence-corrected chi connectivity index (χ3v) is 7.06. The Labute approximate surface area is 188 Å². The van der Waals surface area contributed by atoms with Crippen molar-refractivity contribution < 1.29 is 24.3 Å². The molecule has 1 aromatic carbocycles. The van der Waals surface area contributed by atoms with Gasteiger partial charge in [0.2, 0.25) is 17.7 Å². The summed E-state index contributed by atoms with van der Waals surface area (Å²) in [5.41, 5.74) is 1.94. The van der Waals surface area contributed by atoms with Crippen LogP contribution in [0.5, 0.6) is 0 Å². The number of piperidine rings is 2. The molecule has 3 aliphatic heterocycles. The van der Waals surface area contributed by atoms with Crippen LogP contribution in [0.25, 0.3) is 0 Å². The Bertz CT molecular complexity index is 891. The molecule has 0 radical (unpaired) electrons. The van der Waals surface area contributed by atoms with Gasteiger partial charge < -0.3 is 19.8 Å². The van der Waals surface area contributed by atoms with E-state index >= 15 is 0 Å². The lowest BCUT2D eigenvalue weighted by molar-refractivity contribution is -0.148. The van der Waals surface area contributed by atoms with Gasteiger partial charge in [0.05, 0.1) is 11.8 Å². The van der Waals surface area contributed by atoms with Crippen molar-refractivity contribution in [3.05, 3.63) is 29.8 Å². The highest BCUT2D eigenvalue weighted by Crippen LogP contribution is 2.29. The van der Waals surface area contributed by atoms with Gasteiger partial charge in [0, 0.05) is 50.7 Å². The Hall–Kier alpha value is -2.90. The molecule has 0 aromatic heterocycles. The number of benzene rings is 1. The minimum atomic E-state index is -0.839. The minimum Gasteiger partial charge on any atom is -0.481 e. The Balaban J connectivity index is 1.30. The number of carbonyl (C=O) groups is 4. The molecule has 3 heterocycles. The van der Waals surface area contributed by atoms with Gasteiger partial charge in [-0.1, -0.05) is 17.7 Å². The van der Waals surface area contributed by atoms with Crippen molar-refractivity contribution in [1.29, 1.82) is 0 Å². The van der Waals surface area contributed by atoms with Crippen LogP contribution in [0.2, 0.25) is 0 Å². The first-order valence-electron chi connectivity index (χ1n) is 11.5. The summed E-state index contributed by atoms with van der Waals surface area (Å²) in [6.45, 7) is 4.28. The van der Waals surface area contributed by atoms with Gasteiger partial charge >= 0.3 is 5.97 Å². The van der Waals surface area contributed by atoms with Gasteiger partial charge in [-0.3, -0.25) is 19.2 Å². The average molecular weight is 442 g/mol. The second-order valence-corrected chi connectivity index (χ2v) is 9.30. The molecule has 4 rings (SSSR count). The molecule has 0 spiro atoms. The first-order chi connectivity index (χ1) is 15.3. The van der Waals surface area contributed by atoms with Crippen LogP contribution in [0.3, 0.4) is 0 Å². The molecule has 1 aromatic rings. The molecule has 1 N–H and O–H groups in total. The summed E-state index contributed by atoms with van der Waals surface area (Å²) in [7, 11) is 0. The van der Waals surface area contributed by atoms with Crippen molar-refractivity contribution in [2.75, 3.05) is 37.6 Å². The van der Waals surface area contributed by atoms with Crippen molar-refractivity contribution in [2.24, 2.45) is 17.8 Å². The lowest BCUT2D eigenvalue weighted by atomic mass is 9.91. The number of hydrogen-bond donors (Lipinski definition) is 1. The summed E-state index contributed by atoms with van der Waals surface area (Å²) in [5, 5.41) is 9.26. The number of rotatable bonds is 4. The van der Waals surface area contributed by atoms with E-state index in [2.05, 4.69) is 0 Å². The van der Waals surface area contributed by atoms with E-state index in [-0.39, 0.29) is 42.5 Å². The zero-order chi connectivity index (χ0) is 22.8. The highest BCUT2D eigenvalue weighted by molar-refractivity contribution is 6.00. The number of aliphatic carboxylic acids is 1. The van der Waals surface area contributed by atoms with Gasteiger partial charge in [0.1, 0.15) is 0 Å². The molecule has 0 saturated carbocycles. The Kier molecular flexibility index (Phi) is 6.48. The Morgan fingerprint density at radius 2 is 1.50 bits per heavy atom. The fourth-order valence-corrected chi connectivity index (χ4v) is 5.09. The largest absolute Gasteiger partial charge is 0.481 e. The van der Waals surface area contributed by atoms with Crippen molar-refractivity contribution in [3.63, 3.8) is 0 Å². The van der Waals surface area contributed by atoms with E-state index in [0.717, 1.165) is 11.3 Å². The van der Waals surface area contributed by atoms with Crippen LogP contribution in [0, 0.1) is 24.7 Å². The maximum Gasteiger partial charge on any atom is 0.308 e. The molecule has 0 bridgehead atoms. The molecule has 8 heteroatoms. The summed E-state index contributed by atoms with van der Waals surface area (Å²) in [6.07, 6.45) is 2.72. The minimum absolute atomic E-state index is 0.0113. The lowest BCUT2D eigenvalue weighted by Gasteiger charge is -2.37. The van der Waals surface area contributed by atoms with Crippen molar-refractivity contribution in [1.82, 2.24) is 9.80 Å².